The van der Waals surface area contributed by atoms with Gasteiger partial charge in [-0.15, -0.1) is 56.7 Å². The lowest BCUT2D eigenvalue weighted by Gasteiger charge is -2.01. The van der Waals surface area contributed by atoms with Crippen LogP contribution in [0.5, 0.6) is 0 Å². The van der Waals surface area contributed by atoms with E-state index in [9.17, 15) is 0 Å². The van der Waals surface area contributed by atoms with Crippen LogP contribution in [0.25, 0.3) is 37.6 Å². The first-order valence-corrected chi connectivity index (χ1v) is 21.1. The van der Waals surface area contributed by atoms with Crippen molar-refractivity contribution in [2.45, 2.75) is 155 Å². The maximum Gasteiger partial charge on any atom is 0.0651 e. The van der Waals surface area contributed by atoms with Crippen molar-refractivity contribution in [1.82, 2.24) is 0 Å². The van der Waals surface area contributed by atoms with Crippen LogP contribution in [0.4, 0.5) is 0 Å². The molecule has 5 heteroatoms. The first kappa shape index (κ1) is 31.9. The molecule has 0 fully saturated rings. The lowest BCUT2D eigenvalue weighted by atomic mass is 10.1. The van der Waals surface area contributed by atoms with Crippen molar-refractivity contribution in [3.63, 3.8) is 0 Å². The highest BCUT2D eigenvalue weighted by Gasteiger charge is 2.20. The lowest BCUT2D eigenvalue weighted by Crippen LogP contribution is -1.84. The zero-order valence-electron chi connectivity index (χ0n) is 25.8. The van der Waals surface area contributed by atoms with Gasteiger partial charge in [0.2, 0.25) is 0 Å². The third kappa shape index (κ3) is 8.81. The Morgan fingerprint density at radius 2 is 0.659 bits per heavy atom. The predicted octanol–water partition coefficient (Wildman–Crippen LogP) is 15.5. The van der Waals surface area contributed by atoms with Crippen LogP contribution >= 0.6 is 56.7 Å². The Hall–Kier alpha value is -0.460. The van der Waals surface area contributed by atoms with E-state index in [0.717, 1.165) is 0 Å². The van der Waals surface area contributed by atoms with E-state index in [1.54, 1.807) is 47.4 Å². The van der Waals surface area contributed by atoms with Crippen LogP contribution in [0.15, 0.2) is 12.1 Å². The molecule has 0 aliphatic rings. The van der Waals surface area contributed by atoms with E-state index in [1.807, 2.05) is 0 Å². The number of hydrogen-bond acceptors (Lipinski definition) is 5. The highest BCUT2D eigenvalue weighted by Crippen LogP contribution is 2.53. The minimum atomic E-state index is 1.28. The normalized spacial score (nSPS) is 12.3. The molecule has 0 atom stereocenters. The van der Waals surface area contributed by atoms with E-state index < -0.39 is 0 Å². The second kappa shape index (κ2) is 17.1. The van der Waals surface area contributed by atoms with Crippen LogP contribution in [-0.4, -0.2) is 0 Å². The van der Waals surface area contributed by atoms with Gasteiger partial charge in [0.05, 0.1) is 28.2 Å². The van der Waals surface area contributed by atoms with E-state index in [1.165, 1.54) is 141 Å². The zero-order valence-corrected chi connectivity index (χ0v) is 29.8. The fraction of sp³-hybridized carbons (Fsp3) is 0.667. The fourth-order valence-corrected chi connectivity index (χ4v) is 13.6. The summed E-state index contributed by atoms with van der Waals surface area (Å²) >= 11 is 10.4. The van der Waals surface area contributed by atoms with Gasteiger partial charge in [0.25, 0.3) is 0 Å². The second-order valence-corrected chi connectivity index (χ2v) is 17.7. The minimum absolute atomic E-state index is 1.28. The van der Waals surface area contributed by atoms with E-state index in [4.69, 9.17) is 0 Å². The average molecular weight is 645 g/mol. The summed E-state index contributed by atoms with van der Waals surface area (Å²) in [4.78, 5) is 3.23. The Labute approximate surface area is 269 Å². The number of aryl methyl sites for hydroxylation is 2. The predicted molar refractivity (Wildman–Crippen MR) is 197 cm³/mol. The van der Waals surface area contributed by atoms with E-state index >= 15 is 0 Å². The maximum absolute atomic E-state index is 2.53. The van der Waals surface area contributed by atoms with Crippen LogP contribution in [0.1, 0.15) is 152 Å². The third-order valence-corrected chi connectivity index (χ3v) is 15.6. The number of rotatable bonds is 22. The standard InChI is InChI=1S/C36H52S5/c1-3-5-7-9-11-13-15-17-19-21-23-27-25-29-31(37-27)33-35(39-29)36-34(41-33)32-30(40-36)26-28(38-32)24-22-20-18-16-14-12-10-8-6-4-2/h25-26H,3-24H2,1-2H3. The largest absolute Gasteiger partial charge is 0.138 e. The summed E-state index contributed by atoms with van der Waals surface area (Å²) < 4.78 is 12.5. The molecule has 0 saturated heterocycles. The van der Waals surface area contributed by atoms with Crippen molar-refractivity contribution in [3.05, 3.63) is 21.9 Å². The molecule has 0 aliphatic heterocycles. The molecule has 41 heavy (non-hydrogen) atoms. The topological polar surface area (TPSA) is 0 Å². The summed E-state index contributed by atoms with van der Waals surface area (Å²) in [5.41, 5.74) is 0. The van der Waals surface area contributed by atoms with Gasteiger partial charge in [0.1, 0.15) is 0 Å². The quantitative estimate of drug-likeness (QED) is 0.0658. The highest BCUT2D eigenvalue weighted by atomic mass is 32.1. The van der Waals surface area contributed by atoms with Crippen molar-refractivity contribution < 1.29 is 0 Å². The Morgan fingerprint density at radius 1 is 0.341 bits per heavy atom. The van der Waals surface area contributed by atoms with Gasteiger partial charge in [-0.3, -0.25) is 0 Å². The second-order valence-electron chi connectivity index (χ2n) is 12.3. The van der Waals surface area contributed by atoms with Gasteiger partial charge in [-0.2, -0.15) is 0 Å². The molecule has 0 amide bonds. The summed E-state index contributed by atoms with van der Waals surface area (Å²) in [6.07, 6.45) is 31.0. The molecule has 226 valence electrons. The average Bonchev–Trinajstić information content (AvgIpc) is 3.76. The maximum atomic E-state index is 2.53. The number of hydrogen-bond donors (Lipinski definition) is 0. The molecule has 0 N–H and O–H groups in total. The van der Waals surface area contributed by atoms with E-state index in [-0.39, 0.29) is 0 Å². The molecule has 5 rings (SSSR count). The SMILES string of the molecule is CCCCCCCCCCCCc1cc2sc3c(sc4c5sc(CCCCCCCCCCCC)cc5sc43)c2s1. The molecule has 0 radical (unpaired) electrons. The minimum Gasteiger partial charge on any atom is -0.138 e. The van der Waals surface area contributed by atoms with Crippen molar-refractivity contribution in [1.29, 1.82) is 0 Å². The molecule has 0 nitrogen and oxygen atoms in total. The Kier molecular flexibility index (Phi) is 13.4. The van der Waals surface area contributed by atoms with Gasteiger partial charge in [-0.25, -0.2) is 0 Å². The smallest absolute Gasteiger partial charge is 0.0651 e. The fourth-order valence-electron chi connectivity index (χ4n) is 6.24. The lowest BCUT2D eigenvalue weighted by molar-refractivity contribution is 0.557. The molecule has 5 heterocycles. The van der Waals surface area contributed by atoms with Gasteiger partial charge >= 0.3 is 0 Å². The van der Waals surface area contributed by atoms with Gasteiger partial charge in [0.15, 0.2) is 0 Å². The van der Waals surface area contributed by atoms with Gasteiger partial charge in [0, 0.05) is 19.2 Å². The monoisotopic (exact) mass is 644 g/mol. The summed E-state index contributed by atoms with van der Waals surface area (Å²) in [6, 6.07) is 5.05. The van der Waals surface area contributed by atoms with Gasteiger partial charge < -0.3 is 0 Å². The Bertz CT molecular complexity index is 1330. The molecule has 0 aliphatic carbocycles. The molecular weight excluding hydrogens is 593 g/mol. The molecule has 0 unspecified atom stereocenters. The van der Waals surface area contributed by atoms with Crippen LogP contribution in [0.3, 0.4) is 0 Å². The van der Waals surface area contributed by atoms with Gasteiger partial charge in [-0.1, -0.05) is 129 Å². The summed E-state index contributed by atoms with van der Waals surface area (Å²) in [6.45, 7) is 4.61. The van der Waals surface area contributed by atoms with Crippen molar-refractivity contribution in [2.75, 3.05) is 0 Å². The number of unbranched alkanes of at least 4 members (excludes halogenated alkanes) is 18. The first-order chi connectivity index (χ1) is 20.3. The molecule has 0 saturated carbocycles. The molecule has 0 spiro atoms. The molecule has 5 aromatic rings. The van der Waals surface area contributed by atoms with E-state index in [0.29, 0.717) is 0 Å². The van der Waals surface area contributed by atoms with Crippen LogP contribution in [-0.2, 0) is 12.8 Å². The number of thiophene rings is 5. The third-order valence-electron chi connectivity index (χ3n) is 8.71. The van der Waals surface area contributed by atoms with Crippen molar-refractivity contribution in [2.24, 2.45) is 0 Å². The highest BCUT2D eigenvalue weighted by molar-refractivity contribution is 7.48. The van der Waals surface area contributed by atoms with Gasteiger partial charge in [-0.05, 0) is 37.8 Å². The first-order valence-electron chi connectivity index (χ1n) is 17.1. The Balaban J connectivity index is 1.07. The molecule has 0 aromatic carbocycles. The zero-order chi connectivity index (χ0) is 28.3. The molecular formula is C36H52S5. The molecule has 0 bridgehead atoms. The Morgan fingerprint density at radius 3 is 1.02 bits per heavy atom. The van der Waals surface area contributed by atoms with Crippen LogP contribution in [0, 0.1) is 0 Å². The summed E-state index contributed by atoms with van der Waals surface area (Å²) in [7, 11) is 0. The van der Waals surface area contributed by atoms with Crippen molar-refractivity contribution in [3.8, 4) is 0 Å². The van der Waals surface area contributed by atoms with Crippen LogP contribution in [0.2, 0.25) is 0 Å². The molecule has 5 aromatic heterocycles. The summed E-state index contributed by atoms with van der Waals surface area (Å²) in [5, 5.41) is 0. The summed E-state index contributed by atoms with van der Waals surface area (Å²) in [5.74, 6) is 0. The number of fused-ring (bicyclic) bond motifs is 7. The van der Waals surface area contributed by atoms with Crippen molar-refractivity contribution >= 4 is 94.3 Å². The van der Waals surface area contributed by atoms with E-state index in [2.05, 4.69) is 82.7 Å². The van der Waals surface area contributed by atoms with Crippen LogP contribution < -0.4 is 0 Å².